The number of hydrogen-bond acceptors (Lipinski definition) is 5. The third-order valence-corrected chi connectivity index (χ3v) is 5.28. The number of nitrogens with one attached hydrogen (secondary N) is 1. The van der Waals surface area contributed by atoms with E-state index >= 15 is 0 Å². The summed E-state index contributed by atoms with van der Waals surface area (Å²) in [4.78, 5) is 6.77. The Kier molecular flexibility index (Phi) is 5.67. The van der Waals surface area contributed by atoms with Crippen LogP contribution in [0.5, 0.6) is 0 Å². The van der Waals surface area contributed by atoms with Gasteiger partial charge in [-0.2, -0.15) is 4.98 Å². The second-order valence-electron chi connectivity index (χ2n) is 7.49. The summed E-state index contributed by atoms with van der Waals surface area (Å²) in [7, 11) is 0. The van der Waals surface area contributed by atoms with Crippen LogP contribution in [0.15, 0.2) is 53.1 Å². The molecule has 0 spiro atoms. The zero-order valence-electron chi connectivity index (χ0n) is 16.1. The molecule has 0 unspecified atom stereocenters. The quantitative estimate of drug-likeness (QED) is 0.682. The molecule has 28 heavy (non-hydrogen) atoms. The van der Waals surface area contributed by atoms with Crippen LogP contribution in [0.2, 0.25) is 0 Å². The Morgan fingerprint density at radius 1 is 1.14 bits per heavy atom. The second kappa shape index (κ2) is 8.52. The summed E-state index contributed by atoms with van der Waals surface area (Å²) in [6.07, 6.45) is 2.26. The van der Waals surface area contributed by atoms with Crippen LogP contribution in [0.25, 0.3) is 11.4 Å². The highest BCUT2D eigenvalue weighted by Crippen LogP contribution is 2.22. The van der Waals surface area contributed by atoms with Gasteiger partial charge in [-0.15, -0.1) is 0 Å². The van der Waals surface area contributed by atoms with Crippen molar-refractivity contribution in [2.24, 2.45) is 5.92 Å². The Bertz CT molecular complexity index is 918. The summed E-state index contributed by atoms with van der Waals surface area (Å²) in [5.74, 6) is 0.488. The van der Waals surface area contributed by atoms with E-state index in [4.69, 9.17) is 4.52 Å². The Hall–Kier alpha value is -2.73. The summed E-state index contributed by atoms with van der Waals surface area (Å²) in [5, 5.41) is 7.09. The molecule has 0 bridgehead atoms. The average Bonchev–Trinajstić information content (AvgIpc) is 3.17. The van der Waals surface area contributed by atoms with Crippen LogP contribution in [-0.2, 0) is 6.54 Å². The predicted octanol–water partition coefficient (Wildman–Crippen LogP) is 4.51. The largest absolute Gasteiger partial charge is 0.337 e. The molecule has 146 valence electrons. The van der Waals surface area contributed by atoms with Crippen molar-refractivity contribution in [3.8, 4) is 11.4 Å². The monoisotopic (exact) mass is 380 g/mol. The zero-order chi connectivity index (χ0) is 19.3. The van der Waals surface area contributed by atoms with Crippen LogP contribution in [0, 0.1) is 18.7 Å². The number of aryl methyl sites for hydroxylation is 1. The number of aromatic nitrogens is 2. The van der Waals surface area contributed by atoms with E-state index in [-0.39, 0.29) is 11.6 Å². The fourth-order valence-corrected chi connectivity index (χ4v) is 3.70. The van der Waals surface area contributed by atoms with Gasteiger partial charge in [-0.3, -0.25) is 4.90 Å². The third kappa shape index (κ3) is 4.57. The van der Waals surface area contributed by atoms with Crippen LogP contribution >= 0.6 is 0 Å². The van der Waals surface area contributed by atoms with Gasteiger partial charge in [0.15, 0.2) is 0 Å². The molecule has 4 rings (SSSR count). The SMILES string of the molecule is Cc1cccc(CN2CCC(CNc3nc(-c4ccccc4F)no3)CC2)c1. The van der Waals surface area contributed by atoms with Crippen molar-refractivity contribution in [1.29, 1.82) is 0 Å². The summed E-state index contributed by atoms with van der Waals surface area (Å²) < 4.78 is 19.1. The Labute approximate surface area is 164 Å². The van der Waals surface area contributed by atoms with Gasteiger partial charge in [0.2, 0.25) is 5.82 Å². The highest BCUT2D eigenvalue weighted by molar-refractivity contribution is 5.56. The van der Waals surface area contributed by atoms with Gasteiger partial charge in [-0.1, -0.05) is 47.1 Å². The van der Waals surface area contributed by atoms with E-state index in [1.807, 2.05) is 0 Å². The molecule has 2 aromatic carbocycles. The second-order valence-corrected chi connectivity index (χ2v) is 7.49. The average molecular weight is 380 g/mol. The Balaban J connectivity index is 1.25. The molecule has 6 heteroatoms. The van der Waals surface area contributed by atoms with Crippen molar-refractivity contribution in [3.63, 3.8) is 0 Å². The number of anilines is 1. The van der Waals surface area contributed by atoms with Gasteiger partial charge in [-0.05, 0) is 56.5 Å². The van der Waals surface area contributed by atoms with Crippen molar-refractivity contribution in [1.82, 2.24) is 15.0 Å². The minimum absolute atomic E-state index is 0.272. The first-order valence-electron chi connectivity index (χ1n) is 9.78. The molecular formula is C22H25FN4O. The van der Waals surface area contributed by atoms with E-state index < -0.39 is 0 Å². The Morgan fingerprint density at radius 3 is 2.75 bits per heavy atom. The molecule has 1 aliphatic rings. The maximum atomic E-state index is 13.8. The number of halogens is 1. The molecule has 1 saturated heterocycles. The molecule has 1 fully saturated rings. The number of nitrogens with zero attached hydrogens (tertiary/aromatic N) is 3. The van der Waals surface area contributed by atoms with E-state index in [2.05, 4.69) is 51.5 Å². The maximum absolute atomic E-state index is 13.8. The lowest BCUT2D eigenvalue weighted by molar-refractivity contribution is 0.182. The van der Waals surface area contributed by atoms with Crippen LogP contribution in [-0.4, -0.2) is 34.7 Å². The first kappa shape index (κ1) is 18.6. The minimum Gasteiger partial charge on any atom is -0.337 e. The lowest BCUT2D eigenvalue weighted by atomic mass is 9.96. The van der Waals surface area contributed by atoms with Crippen molar-refractivity contribution in [2.45, 2.75) is 26.3 Å². The van der Waals surface area contributed by atoms with Crippen molar-refractivity contribution >= 4 is 6.01 Å². The molecule has 0 aliphatic carbocycles. The summed E-state index contributed by atoms with van der Waals surface area (Å²) in [6, 6.07) is 15.5. The minimum atomic E-state index is -0.351. The first-order valence-corrected chi connectivity index (χ1v) is 9.78. The van der Waals surface area contributed by atoms with E-state index in [0.29, 0.717) is 17.5 Å². The molecular weight excluding hydrogens is 355 g/mol. The van der Waals surface area contributed by atoms with Crippen LogP contribution in [0.4, 0.5) is 10.4 Å². The highest BCUT2D eigenvalue weighted by atomic mass is 19.1. The zero-order valence-corrected chi connectivity index (χ0v) is 16.1. The van der Waals surface area contributed by atoms with Gasteiger partial charge in [-0.25, -0.2) is 4.39 Å². The lowest BCUT2D eigenvalue weighted by Gasteiger charge is -2.32. The van der Waals surface area contributed by atoms with Gasteiger partial charge in [0.05, 0.1) is 5.56 Å². The molecule has 1 aliphatic heterocycles. The van der Waals surface area contributed by atoms with Crippen molar-refractivity contribution in [3.05, 3.63) is 65.5 Å². The highest BCUT2D eigenvalue weighted by Gasteiger charge is 2.20. The molecule has 0 amide bonds. The molecule has 5 nitrogen and oxygen atoms in total. The number of likely N-dealkylation sites (tertiary alicyclic amines) is 1. The van der Waals surface area contributed by atoms with E-state index in [1.54, 1.807) is 18.2 Å². The number of piperidine rings is 1. The van der Waals surface area contributed by atoms with Crippen molar-refractivity contribution in [2.75, 3.05) is 25.0 Å². The maximum Gasteiger partial charge on any atom is 0.321 e. The van der Waals surface area contributed by atoms with Gasteiger partial charge in [0, 0.05) is 13.1 Å². The predicted molar refractivity (Wildman–Crippen MR) is 107 cm³/mol. The standard InChI is InChI=1S/C22H25FN4O/c1-16-5-4-6-18(13-16)15-27-11-9-17(10-12-27)14-24-22-25-21(26-28-22)19-7-2-3-8-20(19)23/h2-8,13,17H,9-12,14-15H2,1H3,(H,24,25,26). The topological polar surface area (TPSA) is 54.2 Å². The smallest absolute Gasteiger partial charge is 0.321 e. The fourth-order valence-electron chi connectivity index (χ4n) is 3.70. The van der Waals surface area contributed by atoms with Crippen LogP contribution in [0.3, 0.4) is 0 Å². The van der Waals surface area contributed by atoms with Crippen LogP contribution in [0.1, 0.15) is 24.0 Å². The van der Waals surface area contributed by atoms with Gasteiger partial charge in [0.25, 0.3) is 0 Å². The first-order chi connectivity index (χ1) is 13.7. The fraction of sp³-hybridized carbons (Fsp3) is 0.364. The van der Waals surface area contributed by atoms with Gasteiger partial charge in [0.1, 0.15) is 5.82 Å². The number of hydrogen-bond donors (Lipinski definition) is 1. The summed E-state index contributed by atoms with van der Waals surface area (Å²) in [5.41, 5.74) is 3.04. The molecule has 1 aromatic heterocycles. The lowest BCUT2D eigenvalue weighted by Crippen LogP contribution is -2.35. The van der Waals surface area contributed by atoms with Gasteiger partial charge >= 0.3 is 6.01 Å². The summed E-state index contributed by atoms with van der Waals surface area (Å²) in [6.45, 7) is 6.11. The van der Waals surface area contributed by atoms with Gasteiger partial charge < -0.3 is 9.84 Å². The van der Waals surface area contributed by atoms with E-state index in [1.165, 1.54) is 17.2 Å². The third-order valence-electron chi connectivity index (χ3n) is 5.28. The Morgan fingerprint density at radius 2 is 1.96 bits per heavy atom. The number of rotatable bonds is 6. The molecule has 2 heterocycles. The van der Waals surface area contributed by atoms with Crippen LogP contribution < -0.4 is 5.32 Å². The molecule has 0 saturated carbocycles. The number of benzene rings is 2. The molecule has 3 aromatic rings. The van der Waals surface area contributed by atoms with E-state index in [0.717, 1.165) is 39.0 Å². The molecule has 0 atom stereocenters. The molecule has 1 N–H and O–H groups in total. The molecule has 0 radical (unpaired) electrons. The summed E-state index contributed by atoms with van der Waals surface area (Å²) >= 11 is 0. The normalized spacial score (nSPS) is 15.6. The van der Waals surface area contributed by atoms with E-state index in [9.17, 15) is 4.39 Å². The van der Waals surface area contributed by atoms with Crippen molar-refractivity contribution < 1.29 is 8.91 Å².